The van der Waals surface area contributed by atoms with Gasteiger partial charge >= 0.3 is 6.09 Å². The molecule has 2 saturated carbocycles. The van der Waals surface area contributed by atoms with Gasteiger partial charge < -0.3 is 19.9 Å². The third-order valence-electron chi connectivity index (χ3n) is 5.76. The van der Waals surface area contributed by atoms with Crippen molar-refractivity contribution in [3.63, 3.8) is 0 Å². The number of hydrogen-bond donors (Lipinski definition) is 1. The van der Waals surface area contributed by atoms with Crippen LogP contribution in [0, 0.1) is 11.8 Å². The van der Waals surface area contributed by atoms with Crippen molar-refractivity contribution in [2.24, 2.45) is 11.8 Å². The molecule has 1 saturated heterocycles. The highest BCUT2D eigenvalue weighted by Gasteiger charge is 2.50. The van der Waals surface area contributed by atoms with Gasteiger partial charge in [-0.25, -0.2) is 4.79 Å². The molecule has 0 radical (unpaired) electrons. The van der Waals surface area contributed by atoms with Gasteiger partial charge in [0.1, 0.15) is 0 Å². The number of nitrogens with one attached hydrogen (secondary N) is 1. The average molecular weight is 365 g/mol. The van der Waals surface area contributed by atoms with Gasteiger partial charge in [-0.3, -0.25) is 9.59 Å². The first-order valence-electron chi connectivity index (χ1n) is 10.1. The van der Waals surface area contributed by atoms with E-state index in [1.54, 1.807) is 16.7 Å². The van der Waals surface area contributed by atoms with E-state index in [9.17, 15) is 14.4 Å². The summed E-state index contributed by atoms with van der Waals surface area (Å²) in [6.45, 7) is 4.17. The van der Waals surface area contributed by atoms with Crippen LogP contribution in [0.5, 0.6) is 0 Å². The van der Waals surface area contributed by atoms with Gasteiger partial charge in [0.15, 0.2) is 0 Å². The molecule has 3 rings (SSSR count). The molecule has 2 aliphatic carbocycles. The number of ether oxygens (including phenoxy) is 1. The number of piperazine rings is 1. The van der Waals surface area contributed by atoms with Crippen molar-refractivity contribution in [3.05, 3.63) is 0 Å². The van der Waals surface area contributed by atoms with Crippen molar-refractivity contribution in [1.82, 2.24) is 15.1 Å². The summed E-state index contributed by atoms with van der Waals surface area (Å²) in [7, 11) is 0. The molecule has 0 aromatic heterocycles. The standard InChI is InChI=1S/C19H31N3O4/c1-2-26-19(25)22-11-9-21(10-12-22)18(24)16-13-15(16)17(23)20-14-7-5-3-4-6-8-14/h14-16H,2-13H2,1H3,(H,20,23). The molecule has 3 amide bonds. The molecule has 3 aliphatic rings. The van der Waals surface area contributed by atoms with E-state index in [2.05, 4.69) is 5.32 Å². The fourth-order valence-electron chi connectivity index (χ4n) is 4.05. The predicted octanol–water partition coefficient (Wildman–Crippen LogP) is 1.76. The lowest BCUT2D eigenvalue weighted by Gasteiger charge is -2.34. The topological polar surface area (TPSA) is 79.0 Å². The van der Waals surface area contributed by atoms with Crippen LogP contribution in [0.25, 0.3) is 0 Å². The molecule has 7 heteroatoms. The van der Waals surface area contributed by atoms with E-state index in [-0.39, 0.29) is 35.8 Å². The summed E-state index contributed by atoms with van der Waals surface area (Å²) in [5.74, 6) is -0.210. The van der Waals surface area contributed by atoms with Crippen molar-refractivity contribution >= 4 is 17.9 Å². The monoisotopic (exact) mass is 365 g/mol. The first-order chi connectivity index (χ1) is 12.6. The molecule has 26 heavy (non-hydrogen) atoms. The Labute approximate surface area is 155 Å². The van der Waals surface area contributed by atoms with Crippen LogP contribution >= 0.6 is 0 Å². The number of hydrogen-bond acceptors (Lipinski definition) is 4. The van der Waals surface area contributed by atoms with Crippen LogP contribution in [0.15, 0.2) is 0 Å². The quantitative estimate of drug-likeness (QED) is 0.770. The molecule has 2 atom stereocenters. The Morgan fingerprint density at radius 1 is 0.923 bits per heavy atom. The normalized spacial score (nSPS) is 26.8. The molecule has 1 aliphatic heterocycles. The molecule has 7 nitrogen and oxygen atoms in total. The van der Waals surface area contributed by atoms with E-state index in [1.807, 2.05) is 0 Å². The van der Waals surface area contributed by atoms with Crippen molar-refractivity contribution < 1.29 is 19.1 Å². The van der Waals surface area contributed by atoms with Crippen molar-refractivity contribution in [2.45, 2.75) is 57.9 Å². The van der Waals surface area contributed by atoms with Gasteiger partial charge in [0.2, 0.25) is 11.8 Å². The zero-order valence-corrected chi connectivity index (χ0v) is 15.7. The highest BCUT2D eigenvalue weighted by atomic mass is 16.6. The lowest BCUT2D eigenvalue weighted by atomic mass is 10.1. The van der Waals surface area contributed by atoms with E-state index in [1.165, 1.54) is 25.7 Å². The largest absolute Gasteiger partial charge is 0.450 e. The minimum absolute atomic E-state index is 0.0559. The molecular weight excluding hydrogens is 334 g/mol. The van der Waals surface area contributed by atoms with Gasteiger partial charge in [0.05, 0.1) is 18.4 Å². The van der Waals surface area contributed by atoms with E-state index in [0.29, 0.717) is 39.2 Å². The maximum Gasteiger partial charge on any atom is 0.409 e. The first-order valence-corrected chi connectivity index (χ1v) is 10.1. The Balaban J connectivity index is 1.41. The number of carbonyl (C=O) groups excluding carboxylic acids is 3. The summed E-state index contributed by atoms with van der Waals surface area (Å²) in [6, 6.07) is 0.287. The second-order valence-electron chi connectivity index (χ2n) is 7.66. The van der Waals surface area contributed by atoms with Crippen LogP contribution in [-0.2, 0) is 14.3 Å². The molecule has 1 N–H and O–H groups in total. The van der Waals surface area contributed by atoms with E-state index in [4.69, 9.17) is 4.74 Å². The van der Waals surface area contributed by atoms with Gasteiger partial charge in [-0.2, -0.15) is 0 Å². The zero-order chi connectivity index (χ0) is 18.5. The van der Waals surface area contributed by atoms with Gasteiger partial charge in [-0.05, 0) is 26.2 Å². The summed E-state index contributed by atoms with van der Waals surface area (Å²) in [5, 5.41) is 3.17. The van der Waals surface area contributed by atoms with Crippen molar-refractivity contribution in [3.8, 4) is 0 Å². The number of rotatable bonds is 4. The third kappa shape index (κ3) is 4.68. The second-order valence-corrected chi connectivity index (χ2v) is 7.66. The highest BCUT2D eigenvalue weighted by Crippen LogP contribution is 2.40. The molecule has 146 valence electrons. The zero-order valence-electron chi connectivity index (χ0n) is 15.7. The van der Waals surface area contributed by atoms with E-state index < -0.39 is 0 Å². The maximum absolute atomic E-state index is 12.6. The first kappa shape index (κ1) is 19.0. The lowest BCUT2D eigenvalue weighted by Crippen LogP contribution is -2.51. The fourth-order valence-corrected chi connectivity index (χ4v) is 4.05. The average Bonchev–Trinajstić information content (AvgIpc) is 3.46. The van der Waals surface area contributed by atoms with Crippen LogP contribution in [0.1, 0.15) is 51.9 Å². The highest BCUT2D eigenvalue weighted by molar-refractivity contribution is 5.92. The second kappa shape index (κ2) is 8.73. The Morgan fingerprint density at radius 2 is 1.54 bits per heavy atom. The summed E-state index contributed by atoms with van der Waals surface area (Å²) in [6.07, 6.45) is 7.36. The van der Waals surface area contributed by atoms with E-state index >= 15 is 0 Å². The van der Waals surface area contributed by atoms with Gasteiger partial charge in [-0.1, -0.05) is 25.7 Å². The summed E-state index contributed by atoms with van der Waals surface area (Å²) in [4.78, 5) is 40.2. The molecule has 3 fully saturated rings. The van der Waals surface area contributed by atoms with Gasteiger partial charge in [0.25, 0.3) is 0 Å². The molecule has 0 aromatic carbocycles. The third-order valence-corrected chi connectivity index (χ3v) is 5.76. The smallest absolute Gasteiger partial charge is 0.409 e. The number of carbonyl (C=O) groups is 3. The SMILES string of the molecule is CCOC(=O)N1CCN(C(=O)C2CC2C(=O)NC2CCCCCC2)CC1. The summed E-state index contributed by atoms with van der Waals surface area (Å²) in [5.41, 5.74) is 0. The lowest BCUT2D eigenvalue weighted by molar-refractivity contribution is -0.136. The molecule has 0 aromatic rings. The predicted molar refractivity (Wildman–Crippen MR) is 96.4 cm³/mol. The Morgan fingerprint density at radius 3 is 2.15 bits per heavy atom. The Bertz CT molecular complexity index is 523. The Kier molecular flexibility index (Phi) is 6.38. The van der Waals surface area contributed by atoms with Gasteiger partial charge in [-0.15, -0.1) is 0 Å². The van der Waals surface area contributed by atoms with Gasteiger partial charge in [0, 0.05) is 32.2 Å². The molecule has 0 spiro atoms. The van der Waals surface area contributed by atoms with Crippen LogP contribution in [0.4, 0.5) is 4.79 Å². The molecule has 2 unspecified atom stereocenters. The Hall–Kier alpha value is -1.79. The van der Waals surface area contributed by atoms with Crippen molar-refractivity contribution in [2.75, 3.05) is 32.8 Å². The van der Waals surface area contributed by atoms with E-state index in [0.717, 1.165) is 12.8 Å². The minimum Gasteiger partial charge on any atom is -0.450 e. The van der Waals surface area contributed by atoms with Crippen molar-refractivity contribution in [1.29, 1.82) is 0 Å². The molecular formula is C19H31N3O4. The fraction of sp³-hybridized carbons (Fsp3) is 0.842. The van der Waals surface area contributed by atoms with Crippen LogP contribution in [0.3, 0.4) is 0 Å². The van der Waals surface area contributed by atoms with Crippen LogP contribution < -0.4 is 5.32 Å². The number of amides is 3. The summed E-state index contributed by atoms with van der Waals surface area (Å²) >= 11 is 0. The molecule has 1 heterocycles. The minimum atomic E-state index is -0.313. The van der Waals surface area contributed by atoms with Crippen LogP contribution in [0.2, 0.25) is 0 Å². The number of nitrogens with zero attached hydrogens (tertiary/aromatic N) is 2. The maximum atomic E-state index is 12.6. The van der Waals surface area contributed by atoms with Crippen LogP contribution in [-0.4, -0.2) is 66.5 Å². The summed E-state index contributed by atoms with van der Waals surface area (Å²) < 4.78 is 5.00. The molecule has 0 bridgehead atoms.